The van der Waals surface area contributed by atoms with E-state index in [-0.39, 0.29) is 0 Å². The number of rotatable bonds is 0. The first kappa shape index (κ1) is 4.22. The van der Waals surface area contributed by atoms with Gasteiger partial charge in [0.05, 0.1) is 10.2 Å². The van der Waals surface area contributed by atoms with Gasteiger partial charge in [0.2, 0.25) is 0 Å². The molecule has 0 amide bonds. The average Bonchev–Trinajstić information content (AvgIpc) is 1.76. The Morgan fingerprint density at radius 1 is 1.60 bits per heavy atom. The molecule has 1 saturated heterocycles. The summed E-state index contributed by atoms with van der Waals surface area (Å²) in [7, 11) is 3.73. The van der Waals surface area contributed by atoms with Crippen molar-refractivity contribution in [3.05, 3.63) is 5.08 Å². The van der Waals surface area contributed by atoms with Gasteiger partial charge in [-0.25, -0.2) is 0 Å². The van der Waals surface area contributed by atoms with Gasteiger partial charge in [-0.1, -0.05) is 21.6 Å². The van der Waals surface area contributed by atoms with Crippen LogP contribution in [-0.2, 0) is 0 Å². The van der Waals surface area contributed by atoms with Crippen LogP contribution in [0.3, 0.4) is 0 Å². The smallest absolute Gasteiger partial charge is 0.0833 e. The van der Waals surface area contributed by atoms with Crippen molar-refractivity contribution >= 4 is 33.3 Å². The molecule has 1 aliphatic rings. The summed E-state index contributed by atoms with van der Waals surface area (Å²) in [6.45, 7) is 0. The molecule has 0 N–H and O–H groups in total. The van der Waals surface area contributed by atoms with Crippen LogP contribution in [0.25, 0.3) is 0 Å². The molecule has 3 heteroatoms. The van der Waals surface area contributed by atoms with Gasteiger partial charge >= 0.3 is 0 Å². The first-order chi connectivity index (χ1) is 2.50. The predicted octanol–water partition coefficient (Wildman–Crippen LogP) is 2.19. The summed E-state index contributed by atoms with van der Waals surface area (Å²) in [5, 5.41) is 3.40. The SMILES string of the molecule is [CH]1SCSS1. The normalized spacial score (nSPS) is 24.0. The lowest BCUT2D eigenvalue weighted by Crippen LogP contribution is -1.41. The van der Waals surface area contributed by atoms with Crippen LogP contribution in [0, 0.1) is 5.08 Å². The number of hydrogen-bond donors (Lipinski definition) is 0. The molecule has 1 aliphatic heterocycles. The first-order valence-electron chi connectivity index (χ1n) is 1.22. The van der Waals surface area contributed by atoms with Crippen LogP contribution >= 0.6 is 33.3 Å². The standard InChI is InChI=1S/C2H3S3/c1-3-2-5-4-1/h1H,2H2. The van der Waals surface area contributed by atoms with Gasteiger partial charge in [-0.3, -0.25) is 0 Å². The Morgan fingerprint density at radius 2 is 2.60 bits per heavy atom. The molecular formula is C2H3S3. The summed E-state index contributed by atoms with van der Waals surface area (Å²) >= 11 is 1.88. The first-order valence-corrected chi connectivity index (χ1v) is 4.65. The molecule has 0 saturated carbocycles. The Balaban J connectivity index is 2.08. The highest BCUT2D eigenvalue weighted by Crippen LogP contribution is 2.41. The van der Waals surface area contributed by atoms with E-state index in [1.165, 1.54) is 5.08 Å². The van der Waals surface area contributed by atoms with Crippen LogP contribution in [0.4, 0.5) is 0 Å². The Hall–Kier alpha value is 1.05. The maximum atomic E-state index is 2.16. The minimum atomic E-state index is 1.24. The molecule has 0 spiro atoms. The second kappa shape index (κ2) is 2.26. The van der Waals surface area contributed by atoms with E-state index in [0.29, 0.717) is 0 Å². The van der Waals surface area contributed by atoms with Crippen molar-refractivity contribution in [3.63, 3.8) is 0 Å². The van der Waals surface area contributed by atoms with Gasteiger partial charge < -0.3 is 0 Å². The average molecular weight is 123 g/mol. The summed E-state index contributed by atoms with van der Waals surface area (Å²) < 4.78 is 0. The highest BCUT2D eigenvalue weighted by Gasteiger charge is 1.97. The van der Waals surface area contributed by atoms with E-state index in [1.54, 1.807) is 0 Å². The molecule has 0 nitrogen and oxygen atoms in total. The largest absolute Gasteiger partial charge is 0.133 e. The van der Waals surface area contributed by atoms with Gasteiger partial charge in [0.25, 0.3) is 0 Å². The zero-order valence-corrected chi connectivity index (χ0v) is 4.96. The van der Waals surface area contributed by atoms with Crippen molar-refractivity contribution in [2.24, 2.45) is 0 Å². The molecule has 0 atom stereocenters. The van der Waals surface area contributed by atoms with E-state index in [4.69, 9.17) is 0 Å². The lowest BCUT2D eigenvalue weighted by Gasteiger charge is -1.66. The zero-order valence-electron chi connectivity index (χ0n) is 2.51. The summed E-state index contributed by atoms with van der Waals surface area (Å²) in [4.78, 5) is 0. The topological polar surface area (TPSA) is 0 Å². The molecule has 0 aliphatic carbocycles. The Kier molecular flexibility index (Phi) is 1.91. The molecule has 0 unspecified atom stereocenters. The molecule has 29 valence electrons. The molecule has 1 radical (unpaired) electrons. The second-order valence-electron chi connectivity index (χ2n) is 0.595. The van der Waals surface area contributed by atoms with Crippen molar-refractivity contribution < 1.29 is 0 Å². The Labute approximate surface area is 43.9 Å². The lowest BCUT2D eigenvalue weighted by atomic mass is 11.9. The van der Waals surface area contributed by atoms with Crippen LogP contribution in [0.15, 0.2) is 0 Å². The number of thioether (sulfide) groups is 1. The van der Waals surface area contributed by atoms with Crippen LogP contribution < -0.4 is 0 Å². The zero-order chi connectivity index (χ0) is 3.54. The van der Waals surface area contributed by atoms with Gasteiger partial charge in [0.1, 0.15) is 0 Å². The van der Waals surface area contributed by atoms with Gasteiger partial charge in [-0.2, -0.15) is 0 Å². The molecule has 1 heterocycles. The van der Waals surface area contributed by atoms with E-state index in [0.717, 1.165) is 0 Å². The van der Waals surface area contributed by atoms with E-state index in [2.05, 4.69) is 5.08 Å². The summed E-state index contributed by atoms with van der Waals surface area (Å²) in [6.07, 6.45) is 0. The van der Waals surface area contributed by atoms with E-state index >= 15 is 0 Å². The maximum absolute atomic E-state index is 2.16. The fourth-order valence-corrected chi connectivity index (χ4v) is 3.75. The van der Waals surface area contributed by atoms with Crippen molar-refractivity contribution in [2.45, 2.75) is 0 Å². The van der Waals surface area contributed by atoms with E-state index in [9.17, 15) is 0 Å². The Morgan fingerprint density at radius 3 is 2.80 bits per heavy atom. The minimum Gasteiger partial charge on any atom is -0.133 e. The molecule has 0 aromatic carbocycles. The molecule has 0 aromatic heterocycles. The quantitative estimate of drug-likeness (QED) is 0.453. The third-order valence-electron chi connectivity index (χ3n) is 0.292. The van der Waals surface area contributed by atoms with Gasteiger partial charge in [0, 0.05) is 0 Å². The monoisotopic (exact) mass is 123 g/mol. The molecule has 0 aromatic rings. The van der Waals surface area contributed by atoms with Crippen molar-refractivity contribution in [3.8, 4) is 0 Å². The fraction of sp³-hybridized carbons (Fsp3) is 0.500. The van der Waals surface area contributed by atoms with Crippen LogP contribution in [0.5, 0.6) is 0 Å². The van der Waals surface area contributed by atoms with Gasteiger partial charge in [-0.05, 0) is 0 Å². The second-order valence-corrected chi connectivity index (χ2v) is 4.35. The van der Waals surface area contributed by atoms with E-state index < -0.39 is 0 Å². The minimum absolute atomic E-state index is 1.24. The molecule has 0 bridgehead atoms. The lowest BCUT2D eigenvalue weighted by molar-refractivity contribution is 2.32. The van der Waals surface area contributed by atoms with E-state index in [1.807, 2.05) is 33.3 Å². The highest BCUT2D eigenvalue weighted by atomic mass is 33.1. The highest BCUT2D eigenvalue weighted by molar-refractivity contribution is 8.83. The van der Waals surface area contributed by atoms with Crippen LogP contribution in [-0.4, -0.2) is 5.08 Å². The van der Waals surface area contributed by atoms with Crippen molar-refractivity contribution in [2.75, 3.05) is 5.08 Å². The third-order valence-corrected chi connectivity index (χ3v) is 4.20. The van der Waals surface area contributed by atoms with Gasteiger partial charge in [-0.15, -0.1) is 11.8 Å². The summed E-state index contributed by atoms with van der Waals surface area (Å²) in [5.74, 6) is 0. The molecule has 5 heavy (non-hydrogen) atoms. The summed E-state index contributed by atoms with van der Waals surface area (Å²) in [5.41, 5.74) is 0. The summed E-state index contributed by atoms with van der Waals surface area (Å²) in [6, 6.07) is 0. The number of hydrogen-bond acceptors (Lipinski definition) is 3. The van der Waals surface area contributed by atoms with Crippen molar-refractivity contribution in [1.29, 1.82) is 0 Å². The maximum Gasteiger partial charge on any atom is 0.0833 e. The molecular weight excluding hydrogens is 120 g/mol. The van der Waals surface area contributed by atoms with Crippen molar-refractivity contribution in [1.82, 2.24) is 0 Å². The van der Waals surface area contributed by atoms with Crippen LogP contribution in [0.2, 0.25) is 0 Å². The predicted molar refractivity (Wildman–Crippen MR) is 31.9 cm³/mol. The van der Waals surface area contributed by atoms with Crippen LogP contribution in [0.1, 0.15) is 0 Å². The van der Waals surface area contributed by atoms with Gasteiger partial charge in [0.15, 0.2) is 0 Å². The third kappa shape index (κ3) is 1.28. The fourth-order valence-electron chi connectivity index (χ4n) is 0.139. The molecule has 1 fully saturated rings. The molecule has 1 rings (SSSR count). The Bertz CT molecular complexity index is 16.5.